The van der Waals surface area contributed by atoms with Gasteiger partial charge in [0.25, 0.3) is 5.91 Å². The minimum Gasteiger partial charge on any atom is -0.350 e. The van der Waals surface area contributed by atoms with Crippen LogP contribution in [0.15, 0.2) is 65.4 Å². The number of thiophene rings is 1. The lowest BCUT2D eigenvalue weighted by atomic mass is 10.0. The zero-order valence-electron chi connectivity index (χ0n) is 19.2. The number of piperazine rings is 1. The van der Waals surface area contributed by atoms with Gasteiger partial charge in [0, 0.05) is 35.3 Å². The van der Waals surface area contributed by atoms with Gasteiger partial charge in [-0.25, -0.2) is 4.98 Å². The number of aromatic nitrogens is 1. The minimum atomic E-state index is -0.804. The van der Waals surface area contributed by atoms with Crippen LogP contribution in [0.1, 0.15) is 32.7 Å². The molecule has 7 nitrogen and oxygen atoms in total. The highest BCUT2D eigenvalue weighted by Crippen LogP contribution is 2.34. The molecule has 4 aromatic rings. The van der Waals surface area contributed by atoms with Crippen molar-refractivity contribution in [2.75, 3.05) is 19.6 Å². The Hall–Kier alpha value is -4.00. The van der Waals surface area contributed by atoms with Gasteiger partial charge in [-0.2, -0.15) is 0 Å². The molecule has 5 rings (SSSR count). The summed E-state index contributed by atoms with van der Waals surface area (Å²) in [6.07, 6.45) is 5.37. The van der Waals surface area contributed by atoms with Crippen LogP contribution < -0.4 is 5.32 Å². The molecule has 0 bridgehead atoms. The van der Waals surface area contributed by atoms with Crippen LogP contribution in [0.5, 0.6) is 0 Å². The lowest BCUT2D eigenvalue weighted by Gasteiger charge is -2.38. The van der Waals surface area contributed by atoms with Crippen LogP contribution in [-0.2, 0) is 16.1 Å². The van der Waals surface area contributed by atoms with E-state index >= 15 is 0 Å². The molecule has 1 unspecified atom stereocenters. The van der Waals surface area contributed by atoms with Gasteiger partial charge in [0.2, 0.25) is 11.8 Å². The standard InChI is InChI=1S/C27H22N4O3S2/c1-2-23-29-21(17-36-23)27(34)30-12-13-31(24(32)15-30)25(20-16-35-22-11-7-6-10-19(20)22)26(33)28-14-18-8-4-3-5-9-18/h1,3-11,16-17,25H,12-15H2,(H,28,33). The van der Waals surface area contributed by atoms with Crippen LogP contribution >= 0.6 is 22.7 Å². The summed E-state index contributed by atoms with van der Waals surface area (Å²) in [5.74, 6) is 1.53. The SMILES string of the molecule is C#Cc1nc(C(=O)N2CCN(C(C(=O)NCc3ccccc3)c3csc4ccccc34)C(=O)C2)cs1. The van der Waals surface area contributed by atoms with Crippen molar-refractivity contribution >= 4 is 50.5 Å². The van der Waals surface area contributed by atoms with Crippen molar-refractivity contribution in [3.8, 4) is 12.3 Å². The number of carbonyl (C=O) groups excluding carboxylic acids is 3. The molecule has 2 aromatic heterocycles. The van der Waals surface area contributed by atoms with E-state index in [2.05, 4.69) is 16.2 Å². The Morgan fingerprint density at radius 3 is 2.58 bits per heavy atom. The molecule has 180 valence electrons. The fraction of sp³-hybridized carbons (Fsp3) is 0.185. The number of fused-ring (bicyclic) bond motifs is 1. The molecule has 0 saturated carbocycles. The quantitative estimate of drug-likeness (QED) is 0.398. The zero-order chi connectivity index (χ0) is 25.1. The average molecular weight is 515 g/mol. The topological polar surface area (TPSA) is 82.6 Å². The highest BCUT2D eigenvalue weighted by Gasteiger charge is 2.37. The largest absolute Gasteiger partial charge is 0.350 e. The number of nitrogens with one attached hydrogen (secondary N) is 1. The van der Waals surface area contributed by atoms with Gasteiger partial charge in [0.05, 0.1) is 0 Å². The van der Waals surface area contributed by atoms with Crippen molar-refractivity contribution in [2.24, 2.45) is 0 Å². The molecule has 0 radical (unpaired) electrons. The van der Waals surface area contributed by atoms with Crippen LogP contribution in [0.4, 0.5) is 0 Å². The Morgan fingerprint density at radius 2 is 1.83 bits per heavy atom. The van der Waals surface area contributed by atoms with E-state index in [0.717, 1.165) is 21.2 Å². The first-order valence-corrected chi connectivity index (χ1v) is 13.1. The summed E-state index contributed by atoms with van der Waals surface area (Å²) in [4.78, 5) is 47.0. The van der Waals surface area contributed by atoms with Crippen molar-refractivity contribution in [3.05, 3.63) is 87.2 Å². The van der Waals surface area contributed by atoms with E-state index in [0.29, 0.717) is 11.6 Å². The second-order valence-corrected chi connectivity index (χ2v) is 10.1. The molecule has 1 atom stereocenters. The number of amides is 3. The number of rotatable bonds is 6. The van der Waals surface area contributed by atoms with Crippen LogP contribution in [0.25, 0.3) is 10.1 Å². The zero-order valence-corrected chi connectivity index (χ0v) is 20.8. The number of hydrogen-bond acceptors (Lipinski definition) is 6. The molecular formula is C27H22N4O3S2. The number of carbonyl (C=O) groups is 3. The molecule has 1 aliphatic rings. The number of benzene rings is 2. The maximum absolute atomic E-state index is 13.6. The Labute approximate surface area is 216 Å². The smallest absolute Gasteiger partial charge is 0.273 e. The summed E-state index contributed by atoms with van der Waals surface area (Å²) in [5.41, 5.74) is 1.98. The van der Waals surface area contributed by atoms with Crippen molar-refractivity contribution in [2.45, 2.75) is 12.6 Å². The first kappa shape index (κ1) is 23.7. The third kappa shape index (κ3) is 4.73. The van der Waals surface area contributed by atoms with E-state index in [1.807, 2.05) is 60.0 Å². The van der Waals surface area contributed by atoms with Gasteiger partial charge in [-0.15, -0.1) is 29.1 Å². The van der Waals surface area contributed by atoms with E-state index in [4.69, 9.17) is 6.42 Å². The highest BCUT2D eigenvalue weighted by atomic mass is 32.1. The predicted molar refractivity (Wildman–Crippen MR) is 141 cm³/mol. The van der Waals surface area contributed by atoms with E-state index in [9.17, 15) is 14.4 Å². The molecule has 1 aliphatic heterocycles. The van der Waals surface area contributed by atoms with Crippen molar-refractivity contribution < 1.29 is 14.4 Å². The fourth-order valence-electron chi connectivity index (χ4n) is 4.28. The summed E-state index contributed by atoms with van der Waals surface area (Å²) in [6, 6.07) is 16.7. The Morgan fingerprint density at radius 1 is 1.06 bits per heavy atom. The lowest BCUT2D eigenvalue weighted by molar-refractivity contribution is -0.144. The molecule has 3 heterocycles. The first-order chi connectivity index (χ1) is 17.5. The summed E-state index contributed by atoms with van der Waals surface area (Å²) in [5, 5.41) is 7.91. The van der Waals surface area contributed by atoms with Gasteiger partial charge in [-0.3, -0.25) is 14.4 Å². The molecule has 1 saturated heterocycles. The predicted octanol–water partition coefficient (Wildman–Crippen LogP) is 3.68. The molecule has 1 fully saturated rings. The number of terminal acetylenes is 1. The summed E-state index contributed by atoms with van der Waals surface area (Å²) >= 11 is 2.75. The normalized spacial score (nSPS) is 14.5. The maximum Gasteiger partial charge on any atom is 0.273 e. The van der Waals surface area contributed by atoms with E-state index in [1.54, 1.807) is 21.6 Å². The molecule has 2 aromatic carbocycles. The van der Waals surface area contributed by atoms with Gasteiger partial charge in [0.15, 0.2) is 5.01 Å². The van der Waals surface area contributed by atoms with Gasteiger partial charge in [0.1, 0.15) is 18.3 Å². The first-order valence-electron chi connectivity index (χ1n) is 11.3. The molecule has 3 amide bonds. The van der Waals surface area contributed by atoms with Gasteiger partial charge < -0.3 is 15.1 Å². The molecule has 0 spiro atoms. The van der Waals surface area contributed by atoms with Gasteiger partial charge in [-0.05, 0) is 28.3 Å². The number of hydrogen-bond donors (Lipinski definition) is 1. The van der Waals surface area contributed by atoms with E-state index in [1.165, 1.54) is 16.2 Å². The fourth-order valence-corrected chi connectivity index (χ4v) is 5.85. The van der Waals surface area contributed by atoms with Crippen LogP contribution in [0, 0.1) is 12.3 Å². The second kappa shape index (κ2) is 10.3. The Kier molecular flexibility index (Phi) is 6.80. The highest BCUT2D eigenvalue weighted by molar-refractivity contribution is 7.17. The molecular weight excluding hydrogens is 492 g/mol. The molecule has 1 N–H and O–H groups in total. The monoisotopic (exact) mass is 514 g/mol. The van der Waals surface area contributed by atoms with Crippen molar-refractivity contribution in [1.82, 2.24) is 20.1 Å². The van der Waals surface area contributed by atoms with Gasteiger partial charge in [-0.1, -0.05) is 48.5 Å². The van der Waals surface area contributed by atoms with Crippen molar-refractivity contribution in [3.63, 3.8) is 0 Å². The van der Waals surface area contributed by atoms with E-state index < -0.39 is 6.04 Å². The maximum atomic E-state index is 13.6. The Bertz CT molecular complexity index is 1470. The molecule has 36 heavy (non-hydrogen) atoms. The van der Waals surface area contributed by atoms with E-state index in [-0.39, 0.29) is 43.0 Å². The number of thiazole rings is 1. The number of nitrogens with zero attached hydrogens (tertiary/aromatic N) is 3. The Balaban J connectivity index is 1.39. The van der Waals surface area contributed by atoms with Crippen LogP contribution in [-0.4, -0.2) is 52.1 Å². The summed E-state index contributed by atoms with van der Waals surface area (Å²) in [7, 11) is 0. The van der Waals surface area contributed by atoms with Crippen LogP contribution in [0.2, 0.25) is 0 Å². The lowest BCUT2D eigenvalue weighted by Crippen LogP contribution is -2.55. The molecule has 0 aliphatic carbocycles. The summed E-state index contributed by atoms with van der Waals surface area (Å²) < 4.78 is 1.04. The van der Waals surface area contributed by atoms with Crippen molar-refractivity contribution in [1.29, 1.82) is 0 Å². The second-order valence-electron chi connectivity index (χ2n) is 8.29. The third-order valence-electron chi connectivity index (χ3n) is 6.07. The average Bonchev–Trinajstić information content (AvgIpc) is 3.56. The van der Waals surface area contributed by atoms with Crippen LogP contribution in [0.3, 0.4) is 0 Å². The minimum absolute atomic E-state index is 0.133. The summed E-state index contributed by atoms with van der Waals surface area (Å²) in [6.45, 7) is 0.737. The van der Waals surface area contributed by atoms with Gasteiger partial charge >= 0.3 is 0 Å². The third-order valence-corrected chi connectivity index (χ3v) is 7.82. The molecule has 9 heteroatoms.